The lowest BCUT2D eigenvalue weighted by atomic mass is 10.1. The predicted molar refractivity (Wildman–Crippen MR) is 113 cm³/mol. The number of H-pyrrole nitrogens is 1. The first-order chi connectivity index (χ1) is 13.7. The zero-order valence-electron chi connectivity index (χ0n) is 15.1. The standard InChI is InChI=1S/C22H19ClN4O/c23-17-4-3-5-18(11-17)27-19-10-16(12-24-14-19)22(28)25-9-8-15-13-26-21-7-2-1-6-20(15)21/h1-7,10-14,26-27H,8-9H2,(H,25,28). The van der Waals surface area contributed by atoms with E-state index in [0.717, 1.165) is 23.3 Å². The second-order valence-corrected chi connectivity index (χ2v) is 6.90. The van der Waals surface area contributed by atoms with Gasteiger partial charge in [-0.05, 0) is 42.3 Å². The van der Waals surface area contributed by atoms with Crippen LogP contribution < -0.4 is 10.6 Å². The second kappa shape index (κ2) is 8.15. The van der Waals surface area contributed by atoms with Crippen molar-refractivity contribution < 1.29 is 4.79 Å². The number of anilines is 2. The first-order valence-electron chi connectivity index (χ1n) is 9.00. The molecule has 0 saturated carbocycles. The summed E-state index contributed by atoms with van der Waals surface area (Å²) in [7, 11) is 0. The first kappa shape index (κ1) is 18.1. The van der Waals surface area contributed by atoms with Gasteiger partial charge in [0.05, 0.1) is 17.4 Å². The summed E-state index contributed by atoms with van der Waals surface area (Å²) in [5.74, 6) is -0.151. The third-order valence-corrected chi connectivity index (χ3v) is 4.70. The highest BCUT2D eigenvalue weighted by molar-refractivity contribution is 6.30. The number of carbonyl (C=O) groups is 1. The minimum Gasteiger partial charge on any atom is -0.361 e. The van der Waals surface area contributed by atoms with Crippen LogP contribution in [0.2, 0.25) is 5.02 Å². The van der Waals surface area contributed by atoms with Crippen molar-refractivity contribution in [2.24, 2.45) is 0 Å². The van der Waals surface area contributed by atoms with E-state index in [0.29, 0.717) is 17.1 Å². The number of aromatic nitrogens is 2. The molecule has 0 aliphatic heterocycles. The molecule has 3 N–H and O–H groups in total. The van der Waals surface area contributed by atoms with Crippen molar-refractivity contribution in [3.05, 3.63) is 89.3 Å². The lowest BCUT2D eigenvalue weighted by molar-refractivity contribution is 0.0954. The topological polar surface area (TPSA) is 69.8 Å². The van der Waals surface area contributed by atoms with Crippen LogP contribution in [-0.4, -0.2) is 22.4 Å². The smallest absolute Gasteiger partial charge is 0.252 e. The number of amides is 1. The third-order valence-electron chi connectivity index (χ3n) is 4.47. The molecule has 2 heterocycles. The molecule has 0 unspecified atom stereocenters. The Labute approximate surface area is 167 Å². The Bertz CT molecular complexity index is 1120. The van der Waals surface area contributed by atoms with Gasteiger partial charge in [-0.1, -0.05) is 35.9 Å². The predicted octanol–water partition coefficient (Wildman–Crippen LogP) is 4.93. The van der Waals surface area contributed by atoms with E-state index in [1.54, 1.807) is 18.5 Å². The number of fused-ring (bicyclic) bond motifs is 1. The second-order valence-electron chi connectivity index (χ2n) is 6.46. The molecular formula is C22H19ClN4O. The Hall–Kier alpha value is -3.31. The molecule has 6 heteroatoms. The summed E-state index contributed by atoms with van der Waals surface area (Å²) in [6.45, 7) is 0.548. The summed E-state index contributed by atoms with van der Waals surface area (Å²) >= 11 is 6.01. The molecular weight excluding hydrogens is 372 g/mol. The monoisotopic (exact) mass is 390 g/mol. The number of pyridine rings is 1. The SMILES string of the molecule is O=C(NCCc1c[nH]c2ccccc12)c1cncc(Nc2cccc(Cl)c2)c1. The summed E-state index contributed by atoms with van der Waals surface area (Å²) < 4.78 is 0. The quantitative estimate of drug-likeness (QED) is 0.437. The van der Waals surface area contributed by atoms with E-state index in [-0.39, 0.29) is 5.91 Å². The van der Waals surface area contributed by atoms with Gasteiger partial charge < -0.3 is 15.6 Å². The molecule has 5 nitrogen and oxygen atoms in total. The van der Waals surface area contributed by atoms with Crippen LogP contribution in [0.4, 0.5) is 11.4 Å². The van der Waals surface area contributed by atoms with E-state index in [9.17, 15) is 4.79 Å². The number of aromatic amines is 1. The van der Waals surface area contributed by atoms with Crippen molar-refractivity contribution >= 4 is 39.8 Å². The summed E-state index contributed by atoms with van der Waals surface area (Å²) in [6.07, 6.45) is 5.98. The normalized spacial score (nSPS) is 10.8. The van der Waals surface area contributed by atoms with Gasteiger partial charge in [-0.3, -0.25) is 9.78 Å². The highest BCUT2D eigenvalue weighted by Gasteiger charge is 2.08. The van der Waals surface area contributed by atoms with Gasteiger partial charge in [-0.2, -0.15) is 0 Å². The number of benzene rings is 2. The third kappa shape index (κ3) is 4.15. The van der Waals surface area contributed by atoms with Gasteiger partial charge in [0, 0.05) is 40.6 Å². The highest BCUT2D eigenvalue weighted by atomic mass is 35.5. The van der Waals surface area contributed by atoms with Crippen LogP contribution in [0.1, 0.15) is 15.9 Å². The van der Waals surface area contributed by atoms with E-state index in [2.05, 4.69) is 26.7 Å². The minimum absolute atomic E-state index is 0.151. The number of carbonyl (C=O) groups excluding carboxylic acids is 1. The Kier molecular flexibility index (Phi) is 5.26. The van der Waals surface area contributed by atoms with Crippen LogP contribution in [0.15, 0.2) is 73.2 Å². The van der Waals surface area contributed by atoms with Crippen LogP contribution in [0.3, 0.4) is 0 Å². The van der Waals surface area contributed by atoms with Crippen LogP contribution in [0.25, 0.3) is 10.9 Å². The number of nitrogens with zero attached hydrogens (tertiary/aromatic N) is 1. The lowest BCUT2D eigenvalue weighted by Gasteiger charge is -2.09. The summed E-state index contributed by atoms with van der Waals surface area (Å²) in [6, 6.07) is 17.3. The van der Waals surface area contributed by atoms with E-state index >= 15 is 0 Å². The molecule has 0 spiro atoms. The maximum Gasteiger partial charge on any atom is 0.252 e. The number of nitrogens with one attached hydrogen (secondary N) is 3. The number of halogens is 1. The Morgan fingerprint density at radius 1 is 1.04 bits per heavy atom. The summed E-state index contributed by atoms with van der Waals surface area (Å²) in [4.78, 5) is 19.9. The highest BCUT2D eigenvalue weighted by Crippen LogP contribution is 2.20. The zero-order chi connectivity index (χ0) is 19.3. The van der Waals surface area contributed by atoms with Gasteiger partial charge in [-0.15, -0.1) is 0 Å². The average Bonchev–Trinajstić information content (AvgIpc) is 3.11. The van der Waals surface area contributed by atoms with Crippen LogP contribution >= 0.6 is 11.6 Å². The Balaban J connectivity index is 1.38. The van der Waals surface area contributed by atoms with Gasteiger partial charge >= 0.3 is 0 Å². The largest absolute Gasteiger partial charge is 0.361 e. The molecule has 28 heavy (non-hydrogen) atoms. The van der Waals surface area contributed by atoms with Gasteiger partial charge in [0.15, 0.2) is 0 Å². The maximum atomic E-state index is 12.5. The molecule has 0 bridgehead atoms. The molecule has 0 aliphatic carbocycles. The summed E-state index contributed by atoms with van der Waals surface area (Å²) in [5, 5.41) is 8.00. The molecule has 0 fully saturated rings. The van der Waals surface area contributed by atoms with Gasteiger partial charge in [-0.25, -0.2) is 0 Å². The maximum absolute atomic E-state index is 12.5. The Morgan fingerprint density at radius 2 is 1.93 bits per heavy atom. The van der Waals surface area contributed by atoms with E-state index in [1.807, 2.05) is 48.7 Å². The molecule has 0 atom stereocenters. The van der Waals surface area contributed by atoms with Crippen molar-refractivity contribution in [2.75, 3.05) is 11.9 Å². The van der Waals surface area contributed by atoms with Crippen molar-refractivity contribution in [3.63, 3.8) is 0 Å². The average molecular weight is 391 g/mol. The van der Waals surface area contributed by atoms with Gasteiger partial charge in [0.2, 0.25) is 0 Å². The molecule has 1 amide bonds. The first-order valence-corrected chi connectivity index (χ1v) is 9.38. The number of para-hydroxylation sites is 1. The van der Waals surface area contributed by atoms with E-state index in [1.165, 1.54) is 10.9 Å². The molecule has 4 aromatic rings. The van der Waals surface area contributed by atoms with Crippen molar-refractivity contribution in [3.8, 4) is 0 Å². The van der Waals surface area contributed by atoms with E-state index < -0.39 is 0 Å². The van der Waals surface area contributed by atoms with E-state index in [4.69, 9.17) is 11.6 Å². The molecule has 2 aromatic heterocycles. The van der Waals surface area contributed by atoms with Crippen molar-refractivity contribution in [1.82, 2.24) is 15.3 Å². The Morgan fingerprint density at radius 3 is 2.82 bits per heavy atom. The molecule has 0 radical (unpaired) electrons. The fourth-order valence-electron chi connectivity index (χ4n) is 3.12. The van der Waals surface area contributed by atoms with Crippen LogP contribution in [0.5, 0.6) is 0 Å². The molecule has 0 aliphatic rings. The molecule has 140 valence electrons. The number of hydrogen-bond donors (Lipinski definition) is 3. The number of hydrogen-bond acceptors (Lipinski definition) is 3. The van der Waals surface area contributed by atoms with Gasteiger partial charge in [0.1, 0.15) is 0 Å². The summed E-state index contributed by atoms with van der Waals surface area (Å²) in [5.41, 5.74) is 4.36. The lowest BCUT2D eigenvalue weighted by Crippen LogP contribution is -2.25. The van der Waals surface area contributed by atoms with Crippen LogP contribution in [0, 0.1) is 0 Å². The van der Waals surface area contributed by atoms with Crippen LogP contribution in [-0.2, 0) is 6.42 Å². The fourth-order valence-corrected chi connectivity index (χ4v) is 3.31. The van der Waals surface area contributed by atoms with Crippen molar-refractivity contribution in [1.29, 1.82) is 0 Å². The van der Waals surface area contributed by atoms with Crippen molar-refractivity contribution in [2.45, 2.75) is 6.42 Å². The number of rotatable bonds is 6. The molecule has 4 rings (SSSR count). The molecule has 0 saturated heterocycles. The zero-order valence-corrected chi connectivity index (χ0v) is 15.8. The fraction of sp³-hybridized carbons (Fsp3) is 0.0909. The minimum atomic E-state index is -0.151. The van der Waals surface area contributed by atoms with Gasteiger partial charge in [0.25, 0.3) is 5.91 Å². The molecule has 2 aromatic carbocycles.